The Kier molecular flexibility index (Phi) is 4.92. The zero-order valence-electron chi connectivity index (χ0n) is 7.84. The van der Waals surface area contributed by atoms with Crippen LogP contribution in [0.25, 0.3) is 0 Å². The minimum absolute atomic E-state index is 0.360. The standard InChI is InChI=1S/C10H12BrFOS/c1-14-6-5-9(13)7-3-2-4-8(11)10(7)12/h2-4,9,13H,5-6H2,1H3. The van der Waals surface area contributed by atoms with E-state index >= 15 is 0 Å². The predicted octanol–water partition coefficient (Wildman–Crippen LogP) is 3.37. The van der Waals surface area contributed by atoms with Crippen LogP contribution in [-0.4, -0.2) is 17.1 Å². The topological polar surface area (TPSA) is 20.2 Å². The molecule has 0 aliphatic carbocycles. The molecule has 0 amide bonds. The Morgan fingerprint density at radius 1 is 1.57 bits per heavy atom. The van der Waals surface area contributed by atoms with Gasteiger partial charge in [0.2, 0.25) is 0 Å². The molecule has 1 aromatic carbocycles. The van der Waals surface area contributed by atoms with Gasteiger partial charge in [0, 0.05) is 5.56 Å². The van der Waals surface area contributed by atoms with Gasteiger partial charge in [-0.2, -0.15) is 11.8 Å². The third-order valence-electron chi connectivity index (χ3n) is 1.94. The van der Waals surface area contributed by atoms with E-state index in [1.807, 2.05) is 6.26 Å². The molecule has 1 nitrogen and oxygen atoms in total. The molecule has 78 valence electrons. The number of hydrogen-bond acceptors (Lipinski definition) is 2. The Labute approximate surface area is 95.8 Å². The van der Waals surface area contributed by atoms with Gasteiger partial charge >= 0.3 is 0 Å². The van der Waals surface area contributed by atoms with Gasteiger partial charge in [-0.15, -0.1) is 0 Å². The number of rotatable bonds is 4. The van der Waals surface area contributed by atoms with Crippen LogP contribution in [0.15, 0.2) is 22.7 Å². The van der Waals surface area contributed by atoms with Crippen LogP contribution in [0.4, 0.5) is 4.39 Å². The third-order valence-corrected chi connectivity index (χ3v) is 3.19. The van der Waals surface area contributed by atoms with E-state index < -0.39 is 6.10 Å². The van der Waals surface area contributed by atoms with Crippen molar-refractivity contribution in [3.8, 4) is 0 Å². The largest absolute Gasteiger partial charge is 0.388 e. The molecule has 0 fully saturated rings. The average Bonchev–Trinajstić information content (AvgIpc) is 2.18. The van der Waals surface area contributed by atoms with E-state index in [9.17, 15) is 9.50 Å². The lowest BCUT2D eigenvalue weighted by molar-refractivity contribution is 0.170. The zero-order valence-corrected chi connectivity index (χ0v) is 10.2. The first-order valence-electron chi connectivity index (χ1n) is 4.27. The van der Waals surface area contributed by atoms with Gasteiger partial charge in [-0.05, 0) is 40.4 Å². The lowest BCUT2D eigenvalue weighted by atomic mass is 10.1. The van der Waals surface area contributed by atoms with Crippen molar-refractivity contribution in [3.05, 3.63) is 34.1 Å². The summed E-state index contributed by atoms with van der Waals surface area (Å²) >= 11 is 4.73. The van der Waals surface area contributed by atoms with Crippen LogP contribution in [0.5, 0.6) is 0 Å². The first-order valence-corrected chi connectivity index (χ1v) is 6.46. The molecule has 0 spiro atoms. The summed E-state index contributed by atoms with van der Waals surface area (Å²) in [5, 5.41) is 9.68. The van der Waals surface area contributed by atoms with Crippen LogP contribution in [0.1, 0.15) is 18.1 Å². The molecule has 0 aliphatic heterocycles. The van der Waals surface area contributed by atoms with E-state index in [4.69, 9.17) is 0 Å². The highest BCUT2D eigenvalue weighted by Gasteiger charge is 2.13. The summed E-state index contributed by atoms with van der Waals surface area (Å²) in [4.78, 5) is 0. The number of aliphatic hydroxyl groups excluding tert-OH is 1. The van der Waals surface area contributed by atoms with Crippen molar-refractivity contribution in [2.24, 2.45) is 0 Å². The smallest absolute Gasteiger partial charge is 0.143 e. The van der Waals surface area contributed by atoms with Crippen molar-refractivity contribution in [3.63, 3.8) is 0 Å². The van der Waals surface area contributed by atoms with E-state index in [2.05, 4.69) is 15.9 Å². The molecule has 1 unspecified atom stereocenters. The highest BCUT2D eigenvalue weighted by Crippen LogP contribution is 2.26. The molecule has 0 aromatic heterocycles. The van der Waals surface area contributed by atoms with Crippen LogP contribution in [0.3, 0.4) is 0 Å². The molecule has 1 N–H and O–H groups in total. The van der Waals surface area contributed by atoms with E-state index in [0.29, 0.717) is 16.5 Å². The number of hydrogen-bond donors (Lipinski definition) is 1. The first kappa shape index (κ1) is 12.0. The van der Waals surface area contributed by atoms with Gasteiger partial charge in [-0.1, -0.05) is 12.1 Å². The molecule has 14 heavy (non-hydrogen) atoms. The second-order valence-corrected chi connectivity index (χ2v) is 4.78. The maximum Gasteiger partial charge on any atom is 0.143 e. The second-order valence-electron chi connectivity index (χ2n) is 2.94. The van der Waals surface area contributed by atoms with Gasteiger partial charge in [0.15, 0.2) is 0 Å². The molecule has 4 heteroatoms. The van der Waals surface area contributed by atoms with Gasteiger partial charge < -0.3 is 5.11 Å². The van der Waals surface area contributed by atoms with Crippen LogP contribution >= 0.6 is 27.7 Å². The molecule has 0 aliphatic rings. The SMILES string of the molecule is CSCCC(O)c1cccc(Br)c1F. The predicted molar refractivity (Wildman–Crippen MR) is 62.1 cm³/mol. The summed E-state index contributed by atoms with van der Waals surface area (Å²) in [6, 6.07) is 4.97. The van der Waals surface area contributed by atoms with Crippen molar-refractivity contribution in [2.45, 2.75) is 12.5 Å². The van der Waals surface area contributed by atoms with Crippen LogP contribution < -0.4 is 0 Å². The minimum atomic E-state index is -0.708. The highest BCUT2D eigenvalue weighted by atomic mass is 79.9. The summed E-state index contributed by atoms with van der Waals surface area (Å²) < 4.78 is 13.9. The van der Waals surface area contributed by atoms with Crippen LogP contribution in [0.2, 0.25) is 0 Å². The fourth-order valence-corrected chi connectivity index (χ4v) is 2.00. The van der Waals surface area contributed by atoms with E-state index in [-0.39, 0.29) is 5.82 Å². The Morgan fingerprint density at radius 3 is 2.93 bits per heavy atom. The maximum atomic E-state index is 13.5. The Hall–Kier alpha value is -0.0600. The normalized spacial score (nSPS) is 12.9. The van der Waals surface area contributed by atoms with Crippen molar-refractivity contribution < 1.29 is 9.50 Å². The Morgan fingerprint density at radius 2 is 2.29 bits per heavy atom. The van der Waals surface area contributed by atoms with Crippen molar-refractivity contribution in [1.82, 2.24) is 0 Å². The molecule has 0 saturated carbocycles. The van der Waals surface area contributed by atoms with Crippen molar-refractivity contribution in [1.29, 1.82) is 0 Å². The molecule has 0 heterocycles. The van der Waals surface area contributed by atoms with Gasteiger partial charge in [0.25, 0.3) is 0 Å². The lowest BCUT2D eigenvalue weighted by Gasteiger charge is -2.11. The Bertz CT molecular complexity index is 306. The quantitative estimate of drug-likeness (QED) is 0.911. The highest BCUT2D eigenvalue weighted by molar-refractivity contribution is 9.10. The van der Waals surface area contributed by atoms with E-state index in [0.717, 1.165) is 5.75 Å². The average molecular weight is 279 g/mol. The van der Waals surface area contributed by atoms with E-state index in [1.165, 1.54) is 0 Å². The van der Waals surface area contributed by atoms with Gasteiger partial charge in [0.05, 0.1) is 10.6 Å². The maximum absolute atomic E-state index is 13.5. The molecule has 1 atom stereocenters. The fourth-order valence-electron chi connectivity index (χ4n) is 1.16. The fraction of sp³-hybridized carbons (Fsp3) is 0.400. The Balaban J connectivity index is 2.79. The first-order chi connectivity index (χ1) is 6.66. The van der Waals surface area contributed by atoms with Gasteiger partial charge in [-0.3, -0.25) is 0 Å². The van der Waals surface area contributed by atoms with Crippen molar-refractivity contribution >= 4 is 27.7 Å². The van der Waals surface area contributed by atoms with Gasteiger partial charge in [-0.25, -0.2) is 4.39 Å². The molecule has 0 bridgehead atoms. The number of halogens is 2. The monoisotopic (exact) mass is 278 g/mol. The van der Waals surface area contributed by atoms with Crippen LogP contribution in [0, 0.1) is 5.82 Å². The van der Waals surface area contributed by atoms with E-state index in [1.54, 1.807) is 30.0 Å². The van der Waals surface area contributed by atoms with Crippen LogP contribution in [-0.2, 0) is 0 Å². The zero-order chi connectivity index (χ0) is 10.6. The van der Waals surface area contributed by atoms with Crippen molar-refractivity contribution in [2.75, 3.05) is 12.0 Å². The molecular formula is C10H12BrFOS. The molecular weight excluding hydrogens is 267 g/mol. The number of benzene rings is 1. The molecule has 0 saturated heterocycles. The number of thioether (sulfide) groups is 1. The molecule has 1 aromatic rings. The summed E-state index contributed by atoms with van der Waals surface area (Å²) in [7, 11) is 0. The molecule has 0 radical (unpaired) electrons. The van der Waals surface area contributed by atoms with Gasteiger partial charge in [0.1, 0.15) is 5.82 Å². The summed E-state index contributed by atoms with van der Waals surface area (Å²) in [6.07, 6.45) is 1.83. The lowest BCUT2D eigenvalue weighted by Crippen LogP contribution is -2.02. The third kappa shape index (κ3) is 2.97. The summed E-state index contributed by atoms with van der Waals surface area (Å²) in [5.41, 5.74) is 0.369. The molecule has 1 rings (SSSR count). The second kappa shape index (κ2) is 5.73. The number of aliphatic hydroxyl groups is 1. The minimum Gasteiger partial charge on any atom is -0.388 e. The summed E-state index contributed by atoms with van der Waals surface area (Å²) in [5.74, 6) is 0.466. The summed E-state index contributed by atoms with van der Waals surface area (Å²) in [6.45, 7) is 0.